The average Bonchev–Trinajstić information content (AvgIpc) is 2.97. The molecule has 0 fully saturated rings. The molecule has 0 radical (unpaired) electrons. The zero-order valence-corrected chi connectivity index (χ0v) is 24.1. The Labute approximate surface area is 245 Å². The van der Waals surface area contributed by atoms with Crippen molar-refractivity contribution < 1.29 is 34.1 Å². The molecule has 0 unspecified atom stereocenters. The fourth-order valence-electron chi connectivity index (χ4n) is 4.22. The van der Waals surface area contributed by atoms with Gasteiger partial charge >= 0.3 is 0 Å². The molecule has 42 heavy (non-hydrogen) atoms. The molecule has 0 atom stereocenters. The monoisotopic (exact) mass is 566 g/mol. The van der Waals surface area contributed by atoms with E-state index in [2.05, 4.69) is 0 Å². The van der Waals surface area contributed by atoms with E-state index in [-0.39, 0.29) is 30.6 Å². The highest BCUT2D eigenvalue weighted by molar-refractivity contribution is 6.09. The van der Waals surface area contributed by atoms with Crippen LogP contribution in [0.4, 0.5) is 0 Å². The average molecular weight is 567 g/mol. The Bertz CT molecular complexity index is 1450. The molecule has 2 N–H and O–H groups in total. The summed E-state index contributed by atoms with van der Waals surface area (Å²) in [4.78, 5) is 37.7. The van der Waals surface area contributed by atoms with Crippen molar-refractivity contribution in [2.24, 2.45) is 0 Å². The molecule has 4 aromatic carbocycles. The first-order chi connectivity index (χ1) is 19.8. The van der Waals surface area contributed by atoms with Crippen LogP contribution in [0.25, 0.3) is 0 Å². The molecule has 0 aliphatic carbocycles. The lowest BCUT2D eigenvalue weighted by molar-refractivity contribution is 0.0487. The van der Waals surface area contributed by atoms with E-state index in [0.717, 1.165) is 11.1 Å². The Kier molecular flexibility index (Phi) is 9.05. The van der Waals surface area contributed by atoms with Gasteiger partial charge < -0.3 is 19.7 Å². The van der Waals surface area contributed by atoms with E-state index in [1.165, 1.54) is 27.7 Å². The van der Waals surface area contributed by atoms with Crippen molar-refractivity contribution in [1.82, 2.24) is 0 Å². The van der Waals surface area contributed by atoms with E-state index < -0.39 is 11.2 Å². The van der Waals surface area contributed by atoms with E-state index in [4.69, 9.17) is 9.47 Å². The molecule has 0 amide bonds. The molecule has 7 heteroatoms. The lowest BCUT2D eigenvalue weighted by Gasteiger charge is -2.16. The number of ether oxygens (including phenoxy) is 2. The lowest BCUT2D eigenvalue weighted by atomic mass is 9.96. The minimum absolute atomic E-state index is 0.149. The minimum atomic E-state index is -1.46. The van der Waals surface area contributed by atoms with Crippen LogP contribution < -0.4 is 9.47 Å². The van der Waals surface area contributed by atoms with E-state index in [9.17, 15) is 24.6 Å². The summed E-state index contributed by atoms with van der Waals surface area (Å²) in [5, 5.41) is 20.0. The number of aliphatic hydroxyl groups is 2. The van der Waals surface area contributed by atoms with Gasteiger partial charge in [-0.1, -0.05) is 36.4 Å². The zero-order chi connectivity index (χ0) is 30.5. The number of Topliss-reactive ketones (excluding diaryl/α,β-unsaturated/α-hetero) is 2. The summed E-state index contributed by atoms with van der Waals surface area (Å²) >= 11 is 0. The summed E-state index contributed by atoms with van der Waals surface area (Å²) in [5.74, 6) is 0.268. The van der Waals surface area contributed by atoms with Gasteiger partial charge in [-0.3, -0.25) is 14.4 Å². The van der Waals surface area contributed by atoms with Gasteiger partial charge in [0.25, 0.3) is 0 Å². The quantitative estimate of drug-likeness (QED) is 0.203. The molecule has 4 aromatic rings. The van der Waals surface area contributed by atoms with Crippen LogP contribution in [0.15, 0.2) is 97.1 Å². The number of carbonyl (C=O) groups is 3. The van der Waals surface area contributed by atoms with Crippen molar-refractivity contribution in [3.8, 4) is 11.5 Å². The number of hydrogen-bond acceptors (Lipinski definition) is 7. The SMILES string of the molecule is CC(C)(O)C(=O)c1cccc(COc2ccc(C(=O)c3ccc(OCc4cccc(C(=O)C(C)(C)O)c4)cc3)cc2)c1. The highest BCUT2D eigenvalue weighted by atomic mass is 16.5. The summed E-state index contributed by atoms with van der Waals surface area (Å²) in [5.41, 5.74) is 0.477. The van der Waals surface area contributed by atoms with Gasteiger partial charge in [0.15, 0.2) is 17.3 Å². The molecule has 0 aromatic heterocycles. The number of hydrogen-bond donors (Lipinski definition) is 2. The molecule has 0 bridgehead atoms. The zero-order valence-electron chi connectivity index (χ0n) is 24.1. The fraction of sp³-hybridized carbons (Fsp3) is 0.229. The van der Waals surface area contributed by atoms with Gasteiger partial charge in [-0.05, 0) is 99.5 Å². The first-order valence-corrected chi connectivity index (χ1v) is 13.5. The third-order valence-electron chi connectivity index (χ3n) is 6.53. The Hall–Kier alpha value is -4.59. The van der Waals surface area contributed by atoms with Crippen molar-refractivity contribution in [3.05, 3.63) is 130 Å². The lowest BCUT2D eigenvalue weighted by Crippen LogP contribution is -2.31. The molecule has 0 aliphatic rings. The Morgan fingerprint density at radius 3 is 1.24 bits per heavy atom. The highest BCUT2D eigenvalue weighted by Gasteiger charge is 2.26. The molecule has 0 heterocycles. The standard InChI is InChI=1S/C35H34O7/c1-34(2,39)32(37)27-9-5-7-23(19-27)21-41-29-15-11-25(12-16-29)31(36)26-13-17-30(18-14-26)42-22-24-8-6-10-28(20-24)33(38)35(3,4)40/h5-20,39-40H,21-22H2,1-4H3. The van der Waals surface area contributed by atoms with Crippen molar-refractivity contribution in [2.75, 3.05) is 0 Å². The van der Waals surface area contributed by atoms with Gasteiger partial charge in [0.1, 0.15) is 35.9 Å². The second kappa shape index (κ2) is 12.5. The molecular weight excluding hydrogens is 532 g/mol. The maximum absolute atomic E-state index is 13.0. The van der Waals surface area contributed by atoms with Crippen LogP contribution in [0.2, 0.25) is 0 Å². The van der Waals surface area contributed by atoms with E-state index in [1.807, 2.05) is 12.1 Å². The summed E-state index contributed by atoms with van der Waals surface area (Å²) in [7, 11) is 0. The molecule has 0 saturated heterocycles. The second-order valence-corrected chi connectivity index (χ2v) is 11.1. The first-order valence-electron chi connectivity index (χ1n) is 13.5. The van der Waals surface area contributed by atoms with Gasteiger partial charge in [0.2, 0.25) is 0 Å². The minimum Gasteiger partial charge on any atom is -0.489 e. The van der Waals surface area contributed by atoms with Crippen LogP contribution in [0.1, 0.15) is 75.5 Å². The van der Waals surface area contributed by atoms with Crippen molar-refractivity contribution in [1.29, 1.82) is 0 Å². The predicted octanol–water partition coefficient (Wildman–Crippen LogP) is 5.98. The smallest absolute Gasteiger partial charge is 0.193 e. The molecule has 7 nitrogen and oxygen atoms in total. The largest absolute Gasteiger partial charge is 0.489 e. The normalized spacial score (nSPS) is 11.6. The maximum Gasteiger partial charge on any atom is 0.193 e. The van der Waals surface area contributed by atoms with Gasteiger partial charge in [-0.2, -0.15) is 0 Å². The Balaban J connectivity index is 1.33. The van der Waals surface area contributed by atoms with Crippen LogP contribution in [0.5, 0.6) is 11.5 Å². The Morgan fingerprint density at radius 2 is 0.905 bits per heavy atom. The molecule has 0 spiro atoms. The molecule has 216 valence electrons. The van der Waals surface area contributed by atoms with Crippen LogP contribution in [-0.2, 0) is 13.2 Å². The Morgan fingerprint density at radius 1 is 0.548 bits per heavy atom. The van der Waals surface area contributed by atoms with Crippen molar-refractivity contribution >= 4 is 17.3 Å². The predicted molar refractivity (Wildman–Crippen MR) is 159 cm³/mol. The topological polar surface area (TPSA) is 110 Å². The van der Waals surface area contributed by atoms with Crippen molar-refractivity contribution in [2.45, 2.75) is 52.1 Å². The second-order valence-electron chi connectivity index (χ2n) is 11.1. The van der Waals surface area contributed by atoms with Crippen LogP contribution >= 0.6 is 0 Å². The maximum atomic E-state index is 13.0. The van der Waals surface area contributed by atoms with Crippen molar-refractivity contribution in [3.63, 3.8) is 0 Å². The summed E-state index contributed by atoms with van der Waals surface area (Å²) in [6.07, 6.45) is 0. The van der Waals surface area contributed by atoms with E-state index in [0.29, 0.717) is 33.8 Å². The first kappa shape index (κ1) is 30.4. The summed E-state index contributed by atoms with van der Waals surface area (Å²) in [6, 6.07) is 27.5. The van der Waals surface area contributed by atoms with E-state index in [1.54, 1.807) is 84.9 Å². The molecular formula is C35H34O7. The summed E-state index contributed by atoms with van der Waals surface area (Å²) in [6.45, 7) is 6.27. The third kappa shape index (κ3) is 7.78. The van der Waals surface area contributed by atoms with Crippen LogP contribution in [0, 0.1) is 0 Å². The third-order valence-corrected chi connectivity index (χ3v) is 6.53. The molecule has 4 rings (SSSR count). The van der Waals surface area contributed by atoms with Gasteiger partial charge in [-0.15, -0.1) is 0 Å². The fourth-order valence-corrected chi connectivity index (χ4v) is 4.22. The van der Waals surface area contributed by atoms with E-state index >= 15 is 0 Å². The molecule has 0 aliphatic heterocycles. The number of carbonyl (C=O) groups excluding carboxylic acids is 3. The number of rotatable bonds is 12. The van der Waals surface area contributed by atoms with Gasteiger partial charge in [0, 0.05) is 22.3 Å². The van der Waals surface area contributed by atoms with Crippen LogP contribution in [-0.4, -0.2) is 38.8 Å². The number of ketones is 3. The van der Waals surface area contributed by atoms with Crippen LogP contribution in [0.3, 0.4) is 0 Å². The number of benzene rings is 4. The summed E-state index contributed by atoms with van der Waals surface area (Å²) < 4.78 is 11.7. The molecule has 0 saturated carbocycles. The highest BCUT2D eigenvalue weighted by Crippen LogP contribution is 2.21. The van der Waals surface area contributed by atoms with Gasteiger partial charge in [0.05, 0.1) is 0 Å². The van der Waals surface area contributed by atoms with Gasteiger partial charge in [-0.25, -0.2) is 0 Å².